The van der Waals surface area contributed by atoms with Gasteiger partial charge in [0.1, 0.15) is 10.7 Å². The Morgan fingerprint density at radius 1 is 1.19 bits per heavy atom. The molecule has 0 aliphatic rings. The number of benzene rings is 1. The van der Waals surface area contributed by atoms with Crippen LogP contribution in [-0.2, 0) is 11.2 Å². The lowest BCUT2D eigenvalue weighted by molar-refractivity contribution is 0.0594. The molecule has 0 saturated heterocycles. The first-order valence-electron chi connectivity index (χ1n) is 8.27. The van der Waals surface area contributed by atoms with Gasteiger partial charge >= 0.3 is 5.97 Å². The fourth-order valence-corrected chi connectivity index (χ4v) is 3.63. The Bertz CT molecular complexity index is 932. The van der Waals surface area contributed by atoms with Crippen LogP contribution in [-0.4, -0.2) is 28.0 Å². The van der Waals surface area contributed by atoms with Crippen LogP contribution < -0.4 is 5.32 Å². The van der Waals surface area contributed by atoms with Crippen LogP contribution in [0.4, 0.5) is 11.6 Å². The number of nitrogens with one attached hydrogen (secondary N) is 1. The molecule has 0 fully saturated rings. The number of thiazole rings is 1. The molecule has 3 rings (SSSR count). The first kappa shape index (κ1) is 18.0. The van der Waals surface area contributed by atoms with E-state index in [1.165, 1.54) is 29.6 Å². The van der Waals surface area contributed by atoms with Gasteiger partial charge in [-0.25, -0.2) is 19.7 Å². The summed E-state index contributed by atoms with van der Waals surface area (Å²) in [5.74, 6) is 0.0624. The van der Waals surface area contributed by atoms with Gasteiger partial charge in [0.15, 0.2) is 5.69 Å². The van der Waals surface area contributed by atoms with Crippen LogP contribution in [0.2, 0.25) is 0 Å². The molecule has 26 heavy (non-hydrogen) atoms. The third kappa shape index (κ3) is 3.88. The molecular weight excluding hydrogens is 348 g/mol. The van der Waals surface area contributed by atoms with Crippen molar-refractivity contribution < 1.29 is 9.53 Å². The van der Waals surface area contributed by atoms with Crippen molar-refractivity contribution in [1.29, 1.82) is 0 Å². The molecule has 0 saturated carbocycles. The Morgan fingerprint density at radius 3 is 2.58 bits per heavy atom. The minimum absolute atomic E-state index is 0.359. The fraction of sp³-hybridized carbons (Fsp3) is 0.263. The van der Waals surface area contributed by atoms with Crippen LogP contribution in [0.5, 0.6) is 0 Å². The van der Waals surface area contributed by atoms with Crippen molar-refractivity contribution in [2.75, 3.05) is 12.4 Å². The summed E-state index contributed by atoms with van der Waals surface area (Å²) < 4.78 is 4.81. The Hall–Kier alpha value is -2.80. The Morgan fingerprint density at radius 2 is 1.92 bits per heavy atom. The van der Waals surface area contributed by atoms with E-state index in [-0.39, 0.29) is 0 Å². The molecule has 1 N–H and O–H groups in total. The number of carbonyl (C=O) groups is 1. The monoisotopic (exact) mass is 368 g/mol. The zero-order chi connectivity index (χ0) is 18.7. The quantitative estimate of drug-likeness (QED) is 0.676. The maximum Gasteiger partial charge on any atom is 0.357 e. The number of hydrogen-bond acceptors (Lipinski definition) is 7. The van der Waals surface area contributed by atoms with Crippen LogP contribution in [0.15, 0.2) is 30.5 Å². The van der Waals surface area contributed by atoms with E-state index < -0.39 is 5.97 Å². The van der Waals surface area contributed by atoms with Gasteiger partial charge in [-0.15, -0.1) is 11.3 Å². The first-order chi connectivity index (χ1) is 12.5. The number of ether oxygens (including phenoxy) is 1. The second-order valence-corrected chi connectivity index (χ2v) is 6.99. The van der Waals surface area contributed by atoms with Crippen LogP contribution in [0.3, 0.4) is 0 Å². The van der Waals surface area contributed by atoms with Gasteiger partial charge in [-0.2, -0.15) is 0 Å². The number of esters is 1. The number of aryl methyl sites for hydroxylation is 3. The van der Waals surface area contributed by atoms with E-state index in [4.69, 9.17) is 4.74 Å². The molecule has 0 amide bonds. The normalized spacial score (nSPS) is 10.6. The summed E-state index contributed by atoms with van der Waals surface area (Å²) in [7, 11) is 1.36. The number of carbonyl (C=O) groups excluding carboxylic acids is 1. The molecule has 7 heteroatoms. The number of methoxy groups -OCH3 is 1. The topological polar surface area (TPSA) is 77.0 Å². The predicted molar refractivity (Wildman–Crippen MR) is 103 cm³/mol. The van der Waals surface area contributed by atoms with E-state index in [1.807, 2.05) is 32.9 Å². The summed E-state index contributed by atoms with van der Waals surface area (Å²) in [6, 6.07) is 7.97. The Kier molecular flexibility index (Phi) is 5.27. The fourth-order valence-electron chi connectivity index (χ4n) is 2.67. The zero-order valence-corrected chi connectivity index (χ0v) is 16.0. The third-order valence-corrected chi connectivity index (χ3v) is 4.97. The van der Waals surface area contributed by atoms with E-state index >= 15 is 0 Å². The molecule has 0 bridgehead atoms. The SMILES string of the molecule is CCc1sc(-c2ccnc(Nc3cc(C)cc(C)c3)n2)nc1C(=O)OC. The van der Waals surface area contributed by atoms with E-state index in [1.54, 1.807) is 12.3 Å². The lowest BCUT2D eigenvalue weighted by Crippen LogP contribution is -2.04. The van der Waals surface area contributed by atoms with E-state index in [0.717, 1.165) is 10.6 Å². The summed E-state index contributed by atoms with van der Waals surface area (Å²) in [6.07, 6.45) is 2.39. The van der Waals surface area contributed by atoms with Crippen molar-refractivity contribution in [3.05, 3.63) is 52.2 Å². The molecule has 0 spiro atoms. The molecule has 0 unspecified atom stereocenters. The van der Waals surface area contributed by atoms with Gasteiger partial charge in [0.05, 0.1) is 7.11 Å². The number of aromatic nitrogens is 3. The predicted octanol–water partition coefficient (Wildman–Crippen LogP) is 4.31. The third-order valence-electron chi connectivity index (χ3n) is 3.75. The lowest BCUT2D eigenvalue weighted by atomic mass is 10.1. The summed E-state index contributed by atoms with van der Waals surface area (Å²) >= 11 is 1.45. The second-order valence-electron chi connectivity index (χ2n) is 5.90. The maximum atomic E-state index is 11.9. The Balaban J connectivity index is 1.92. The smallest absolute Gasteiger partial charge is 0.357 e. The van der Waals surface area contributed by atoms with Gasteiger partial charge in [-0.3, -0.25) is 0 Å². The second kappa shape index (κ2) is 7.61. The van der Waals surface area contributed by atoms with Crippen molar-refractivity contribution >= 4 is 28.9 Å². The molecule has 2 aromatic heterocycles. The van der Waals surface area contributed by atoms with Crippen LogP contribution in [0.25, 0.3) is 10.7 Å². The highest BCUT2D eigenvalue weighted by Crippen LogP contribution is 2.28. The van der Waals surface area contributed by atoms with E-state index in [9.17, 15) is 4.79 Å². The highest BCUT2D eigenvalue weighted by molar-refractivity contribution is 7.15. The highest BCUT2D eigenvalue weighted by Gasteiger charge is 2.19. The highest BCUT2D eigenvalue weighted by atomic mass is 32.1. The van der Waals surface area contributed by atoms with Crippen molar-refractivity contribution in [2.24, 2.45) is 0 Å². The number of nitrogens with zero attached hydrogens (tertiary/aromatic N) is 3. The number of anilines is 2. The van der Waals surface area contributed by atoms with Gasteiger partial charge in [0, 0.05) is 16.8 Å². The average molecular weight is 368 g/mol. The van der Waals surface area contributed by atoms with Crippen LogP contribution in [0, 0.1) is 13.8 Å². The number of rotatable bonds is 5. The van der Waals surface area contributed by atoms with Crippen molar-refractivity contribution in [2.45, 2.75) is 27.2 Å². The summed E-state index contributed by atoms with van der Waals surface area (Å²) in [5.41, 5.74) is 4.29. The molecule has 0 aliphatic heterocycles. The van der Waals surface area contributed by atoms with Crippen molar-refractivity contribution in [3.8, 4) is 10.7 Å². The zero-order valence-electron chi connectivity index (χ0n) is 15.2. The van der Waals surface area contributed by atoms with Crippen LogP contribution >= 0.6 is 11.3 Å². The van der Waals surface area contributed by atoms with E-state index in [0.29, 0.717) is 28.8 Å². The standard InChI is InChI=1S/C19H20N4O2S/c1-5-15-16(18(24)25-4)23-17(26-15)14-6-7-20-19(22-14)21-13-9-11(2)8-12(3)10-13/h6-10H,5H2,1-4H3,(H,20,21,22). The van der Waals surface area contributed by atoms with Gasteiger partial charge in [0.25, 0.3) is 0 Å². The van der Waals surface area contributed by atoms with Gasteiger partial charge in [0.2, 0.25) is 5.95 Å². The molecule has 0 atom stereocenters. The molecule has 1 aromatic carbocycles. The molecular formula is C19H20N4O2S. The van der Waals surface area contributed by atoms with Gasteiger partial charge in [-0.05, 0) is 49.6 Å². The molecule has 2 heterocycles. The average Bonchev–Trinajstić information content (AvgIpc) is 3.05. The Labute approximate surface area is 156 Å². The lowest BCUT2D eigenvalue weighted by Gasteiger charge is -2.07. The largest absolute Gasteiger partial charge is 0.464 e. The summed E-state index contributed by atoms with van der Waals surface area (Å²) in [5, 5.41) is 3.90. The van der Waals surface area contributed by atoms with Crippen molar-refractivity contribution in [1.82, 2.24) is 15.0 Å². The summed E-state index contributed by atoms with van der Waals surface area (Å²) in [6.45, 7) is 6.08. The number of hydrogen-bond donors (Lipinski definition) is 1. The van der Waals surface area contributed by atoms with E-state index in [2.05, 4.69) is 26.3 Å². The molecule has 0 aliphatic carbocycles. The van der Waals surface area contributed by atoms with Crippen molar-refractivity contribution in [3.63, 3.8) is 0 Å². The first-order valence-corrected chi connectivity index (χ1v) is 9.08. The molecule has 134 valence electrons. The molecule has 0 radical (unpaired) electrons. The van der Waals surface area contributed by atoms with Gasteiger partial charge in [-0.1, -0.05) is 13.0 Å². The molecule has 6 nitrogen and oxygen atoms in total. The minimum Gasteiger partial charge on any atom is -0.464 e. The minimum atomic E-state index is -0.424. The summed E-state index contributed by atoms with van der Waals surface area (Å²) in [4.78, 5) is 26.0. The maximum absolute atomic E-state index is 11.9. The van der Waals surface area contributed by atoms with Gasteiger partial charge < -0.3 is 10.1 Å². The van der Waals surface area contributed by atoms with Crippen LogP contribution in [0.1, 0.15) is 33.4 Å². The molecule has 3 aromatic rings.